The predicted octanol–water partition coefficient (Wildman–Crippen LogP) is 8.20. The number of benzene rings is 4. The van der Waals surface area contributed by atoms with E-state index in [-0.39, 0.29) is 0 Å². The minimum Gasteiger partial charge on any atom is -0.455 e. The van der Waals surface area contributed by atoms with Gasteiger partial charge in [-0.1, -0.05) is 97.6 Å². The van der Waals surface area contributed by atoms with Crippen molar-refractivity contribution in [2.24, 2.45) is 0 Å². The number of aromatic nitrogens is 3. The molecule has 0 N–H and O–H groups in total. The Balaban J connectivity index is 1.51. The summed E-state index contributed by atoms with van der Waals surface area (Å²) >= 11 is 0. The van der Waals surface area contributed by atoms with Gasteiger partial charge in [0.1, 0.15) is 11.2 Å². The Morgan fingerprint density at radius 3 is 2.24 bits per heavy atom. The van der Waals surface area contributed by atoms with Gasteiger partial charge in [0.2, 0.25) is 0 Å². The van der Waals surface area contributed by atoms with Crippen molar-refractivity contribution >= 4 is 46.4 Å². The Labute approximate surface area is 222 Å². The Bertz CT molecular complexity index is 1950. The topological polar surface area (TPSA) is 43.9 Å². The normalized spacial score (nSPS) is 12.1. The summed E-state index contributed by atoms with van der Waals surface area (Å²) < 4.78 is 8.80. The van der Waals surface area contributed by atoms with Gasteiger partial charge in [-0.2, -0.15) is 0 Å². The van der Waals surface area contributed by atoms with Crippen LogP contribution in [-0.4, -0.2) is 22.6 Å². The standard InChI is InChI=1S/C33H27N3OSi/c1-38(2,3)25-17-18-26-27-15-10-16-28(31(27)37-30(26)20-25)33-35-32-29(36(33)24-13-8-5-9-14-24)19-23(21-34-32)22-11-6-4-7-12-22/h4-21H,1-3H3. The van der Waals surface area contributed by atoms with Gasteiger partial charge in [0, 0.05) is 28.2 Å². The van der Waals surface area contributed by atoms with Gasteiger partial charge in [-0.25, -0.2) is 9.97 Å². The molecular weight excluding hydrogens is 482 g/mol. The van der Waals surface area contributed by atoms with E-state index in [0.717, 1.165) is 55.7 Å². The van der Waals surface area contributed by atoms with E-state index in [2.05, 4.69) is 115 Å². The number of imidazole rings is 1. The molecule has 0 radical (unpaired) electrons. The maximum atomic E-state index is 6.60. The van der Waals surface area contributed by atoms with Crippen LogP contribution in [-0.2, 0) is 0 Å². The van der Waals surface area contributed by atoms with Crippen molar-refractivity contribution < 1.29 is 4.42 Å². The van der Waals surface area contributed by atoms with E-state index in [1.807, 2.05) is 18.3 Å². The second-order valence-corrected chi connectivity index (χ2v) is 15.9. The van der Waals surface area contributed by atoms with Crippen LogP contribution in [0.15, 0.2) is 114 Å². The zero-order valence-electron chi connectivity index (χ0n) is 21.6. The SMILES string of the molecule is C[Si](C)(C)c1ccc2c(c1)oc1c(-c3nc4ncc(-c5ccccc5)cc4n3-c3ccccc3)cccc12. The highest BCUT2D eigenvalue weighted by Gasteiger charge is 2.22. The predicted molar refractivity (Wildman–Crippen MR) is 160 cm³/mol. The molecule has 184 valence electrons. The van der Waals surface area contributed by atoms with Gasteiger partial charge in [-0.15, -0.1) is 0 Å². The largest absolute Gasteiger partial charge is 0.455 e. The first-order chi connectivity index (χ1) is 18.5. The molecule has 7 rings (SSSR count). The van der Waals surface area contributed by atoms with Crippen LogP contribution in [0, 0.1) is 0 Å². The second-order valence-electron chi connectivity index (χ2n) is 10.8. The minimum absolute atomic E-state index is 0.706. The van der Waals surface area contributed by atoms with Crippen molar-refractivity contribution in [2.75, 3.05) is 0 Å². The summed E-state index contributed by atoms with van der Waals surface area (Å²) in [6.45, 7) is 7.09. The molecule has 0 bridgehead atoms. The molecule has 0 aliphatic carbocycles. The van der Waals surface area contributed by atoms with Crippen molar-refractivity contribution in [3.8, 4) is 28.2 Å². The van der Waals surface area contributed by atoms with Crippen LogP contribution in [0.25, 0.3) is 61.3 Å². The summed E-state index contributed by atoms with van der Waals surface area (Å²) in [7, 11) is -1.47. The lowest BCUT2D eigenvalue weighted by molar-refractivity contribution is 0.669. The van der Waals surface area contributed by atoms with E-state index >= 15 is 0 Å². The third-order valence-electron chi connectivity index (χ3n) is 7.24. The molecule has 4 aromatic carbocycles. The minimum atomic E-state index is -1.47. The van der Waals surface area contributed by atoms with E-state index in [1.165, 1.54) is 5.19 Å². The molecule has 0 aliphatic rings. The molecule has 38 heavy (non-hydrogen) atoms. The molecule has 0 unspecified atom stereocenters. The smallest absolute Gasteiger partial charge is 0.178 e. The second kappa shape index (κ2) is 8.54. The summed E-state index contributed by atoms with van der Waals surface area (Å²) in [5.41, 5.74) is 7.62. The number of rotatable bonds is 4. The molecule has 0 amide bonds. The third-order valence-corrected chi connectivity index (χ3v) is 9.28. The first-order valence-electron chi connectivity index (χ1n) is 12.9. The van der Waals surface area contributed by atoms with Crippen molar-refractivity contribution in [2.45, 2.75) is 19.6 Å². The molecule has 5 heteroatoms. The van der Waals surface area contributed by atoms with Gasteiger partial charge in [0.25, 0.3) is 0 Å². The fourth-order valence-corrected chi connectivity index (χ4v) is 6.36. The molecule has 7 aromatic rings. The highest BCUT2D eigenvalue weighted by atomic mass is 28.3. The average Bonchev–Trinajstić information content (AvgIpc) is 3.51. The molecule has 3 aromatic heterocycles. The highest BCUT2D eigenvalue weighted by molar-refractivity contribution is 6.88. The van der Waals surface area contributed by atoms with Crippen LogP contribution < -0.4 is 5.19 Å². The van der Waals surface area contributed by atoms with E-state index in [0.29, 0.717) is 5.65 Å². The molecule has 0 aliphatic heterocycles. The van der Waals surface area contributed by atoms with Crippen LogP contribution in [0.3, 0.4) is 0 Å². The van der Waals surface area contributed by atoms with Gasteiger partial charge < -0.3 is 4.42 Å². The van der Waals surface area contributed by atoms with Crippen molar-refractivity contribution in [3.63, 3.8) is 0 Å². The molecule has 3 heterocycles. The van der Waals surface area contributed by atoms with Gasteiger partial charge in [0.05, 0.1) is 19.2 Å². The first kappa shape index (κ1) is 22.7. The van der Waals surface area contributed by atoms with E-state index in [9.17, 15) is 0 Å². The molecule has 0 saturated heterocycles. The summed E-state index contributed by atoms with van der Waals surface area (Å²) in [5, 5.41) is 3.62. The fraction of sp³-hybridized carbons (Fsp3) is 0.0909. The molecule has 0 fully saturated rings. The summed E-state index contributed by atoms with van der Waals surface area (Å²) in [5.74, 6) is 0.819. The quantitative estimate of drug-likeness (QED) is 0.225. The Morgan fingerprint density at radius 2 is 1.47 bits per heavy atom. The fourth-order valence-electron chi connectivity index (χ4n) is 5.21. The zero-order chi connectivity index (χ0) is 25.9. The Kier molecular flexibility index (Phi) is 5.10. The van der Waals surface area contributed by atoms with Crippen LogP contribution in [0.2, 0.25) is 19.6 Å². The van der Waals surface area contributed by atoms with Crippen LogP contribution in [0.1, 0.15) is 0 Å². The lowest BCUT2D eigenvalue weighted by atomic mass is 10.1. The maximum absolute atomic E-state index is 6.60. The molecular formula is C33H27N3OSi. The van der Waals surface area contributed by atoms with Crippen LogP contribution >= 0.6 is 0 Å². The highest BCUT2D eigenvalue weighted by Crippen LogP contribution is 2.38. The van der Waals surface area contributed by atoms with Crippen molar-refractivity contribution in [1.82, 2.24) is 14.5 Å². The molecule has 0 saturated carbocycles. The van der Waals surface area contributed by atoms with Gasteiger partial charge in [-0.05, 0) is 35.9 Å². The first-order valence-corrected chi connectivity index (χ1v) is 16.4. The number of nitrogens with zero attached hydrogens (tertiary/aromatic N) is 3. The number of furan rings is 1. The molecule has 4 nitrogen and oxygen atoms in total. The number of fused-ring (bicyclic) bond motifs is 4. The zero-order valence-corrected chi connectivity index (χ0v) is 22.6. The molecule has 0 atom stereocenters. The maximum Gasteiger partial charge on any atom is 0.178 e. The monoisotopic (exact) mass is 509 g/mol. The van der Waals surface area contributed by atoms with Crippen LogP contribution in [0.5, 0.6) is 0 Å². The Hall–Kier alpha value is -4.48. The number of hydrogen-bond acceptors (Lipinski definition) is 3. The number of para-hydroxylation sites is 2. The van der Waals surface area contributed by atoms with E-state index < -0.39 is 8.07 Å². The summed E-state index contributed by atoms with van der Waals surface area (Å²) in [4.78, 5) is 9.86. The van der Waals surface area contributed by atoms with E-state index in [4.69, 9.17) is 14.4 Å². The lowest BCUT2D eigenvalue weighted by Gasteiger charge is -2.15. The number of pyridine rings is 1. The lowest BCUT2D eigenvalue weighted by Crippen LogP contribution is -2.37. The Morgan fingerprint density at radius 1 is 0.711 bits per heavy atom. The van der Waals surface area contributed by atoms with Crippen LogP contribution in [0.4, 0.5) is 0 Å². The third kappa shape index (κ3) is 3.66. The average molecular weight is 510 g/mol. The summed E-state index contributed by atoms with van der Waals surface area (Å²) in [6, 6.07) is 35.9. The van der Waals surface area contributed by atoms with Gasteiger partial charge in [-0.3, -0.25) is 4.57 Å². The van der Waals surface area contributed by atoms with Crippen molar-refractivity contribution in [3.05, 3.63) is 109 Å². The van der Waals surface area contributed by atoms with Gasteiger partial charge >= 0.3 is 0 Å². The summed E-state index contributed by atoms with van der Waals surface area (Å²) in [6.07, 6.45) is 1.91. The molecule has 0 spiro atoms. The number of hydrogen-bond donors (Lipinski definition) is 0. The van der Waals surface area contributed by atoms with Crippen molar-refractivity contribution in [1.29, 1.82) is 0 Å². The van der Waals surface area contributed by atoms with Gasteiger partial charge in [0.15, 0.2) is 11.5 Å². The van der Waals surface area contributed by atoms with E-state index in [1.54, 1.807) is 0 Å².